The Morgan fingerprint density at radius 1 is 1.26 bits per heavy atom. The predicted molar refractivity (Wildman–Crippen MR) is 110 cm³/mol. The highest BCUT2D eigenvalue weighted by Gasteiger charge is 2.18. The topological polar surface area (TPSA) is 72.7 Å². The zero-order chi connectivity index (χ0) is 19.0. The fourth-order valence-electron chi connectivity index (χ4n) is 2.73. The number of benzene rings is 1. The number of aromatic nitrogens is 4. The molecule has 27 heavy (non-hydrogen) atoms. The van der Waals surface area contributed by atoms with E-state index < -0.39 is 0 Å². The second kappa shape index (κ2) is 7.38. The lowest BCUT2D eigenvalue weighted by Crippen LogP contribution is -2.10. The summed E-state index contributed by atoms with van der Waals surface area (Å²) in [6, 6.07) is 9.58. The largest absolute Gasteiger partial charge is 0.296 e. The van der Waals surface area contributed by atoms with Gasteiger partial charge in [-0.3, -0.25) is 14.8 Å². The summed E-state index contributed by atoms with van der Waals surface area (Å²) in [5, 5.41) is 18.6. The Balaban J connectivity index is 1.62. The third-order valence-corrected chi connectivity index (χ3v) is 6.60. The van der Waals surface area contributed by atoms with Gasteiger partial charge >= 0.3 is 0 Å². The van der Waals surface area contributed by atoms with Gasteiger partial charge in [0.25, 0.3) is 5.91 Å². The summed E-state index contributed by atoms with van der Waals surface area (Å²) in [5.41, 5.74) is 1.88. The number of thiophene rings is 1. The van der Waals surface area contributed by atoms with E-state index in [-0.39, 0.29) is 5.91 Å². The molecule has 3 aromatic heterocycles. The Labute approximate surface area is 168 Å². The van der Waals surface area contributed by atoms with Crippen molar-refractivity contribution in [3.05, 3.63) is 56.5 Å². The first kappa shape index (κ1) is 18.1. The van der Waals surface area contributed by atoms with E-state index >= 15 is 0 Å². The minimum atomic E-state index is -0.182. The lowest BCUT2D eigenvalue weighted by molar-refractivity contribution is 0.103. The Kier molecular flexibility index (Phi) is 4.94. The fraction of sp³-hybridized carbons (Fsp3) is 0.222. The highest BCUT2D eigenvalue weighted by Crippen LogP contribution is 2.30. The number of anilines is 1. The highest BCUT2D eigenvalue weighted by molar-refractivity contribution is 7.20. The first-order chi connectivity index (χ1) is 13.0. The standard InChI is InChI=1S/C18H16ClN5OS2/c1-3-15-21-22-18(27-15)20-16(25)14-8-12-10(2)23-24(17(12)26-14)9-11-6-4-5-7-13(11)19/h4-8H,3,9H2,1-2H3,(H,20,22,25). The average molecular weight is 418 g/mol. The molecule has 0 radical (unpaired) electrons. The molecule has 4 aromatic rings. The molecule has 0 saturated carbocycles. The number of hydrogen-bond donors (Lipinski definition) is 1. The highest BCUT2D eigenvalue weighted by atomic mass is 35.5. The van der Waals surface area contributed by atoms with Crippen molar-refractivity contribution in [1.29, 1.82) is 0 Å². The first-order valence-electron chi connectivity index (χ1n) is 8.39. The molecule has 0 aliphatic heterocycles. The van der Waals surface area contributed by atoms with Gasteiger partial charge in [0.15, 0.2) is 0 Å². The molecule has 1 N–H and O–H groups in total. The van der Waals surface area contributed by atoms with E-state index in [4.69, 9.17) is 11.6 Å². The Morgan fingerprint density at radius 3 is 2.81 bits per heavy atom. The van der Waals surface area contributed by atoms with Crippen LogP contribution in [0, 0.1) is 6.92 Å². The van der Waals surface area contributed by atoms with Crippen LogP contribution in [0.4, 0.5) is 5.13 Å². The zero-order valence-electron chi connectivity index (χ0n) is 14.7. The fourth-order valence-corrected chi connectivity index (χ4v) is 4.65. The summed E-state index contributed by atoms with van der Waals surface area (Å²) in [4.78, 5) is 14.2. The summed E-state index contributed by atoms with van der Waals surface area (Å²) in [7, 11) is 0. The third-order valence-electron chi connectivity index (χ3n) is 4.10. The van der Waals surface area contributed by atoms with E-state index in [1.165, 1.54) is 22.7 Å². The van der Waals surface area contributed by atoms with E-state index in [1.807, 2.05) is 48.9 Å². The maximum absolute atomic E-state index is 12.6. The van der Waals surface area contributed by atoms with Crippen LogP contribution >= 0.6 is 34.3 Å². The van der Waals surface area contributed by atoms with Gasteiger partial charge in [0.05, 0.1) is 17.1 Å². The molecule has 3 heterocycles. The summed E-state index contributed by atoms with van der Waals surface area (Å²) in [6.45, 7) is 4.51. The van der Waals surface area contributed by atoms with Crippen LogP contribution in [0.1, 0.15) is 32.9 Å². The SMILES string of the molecule is CCc1nnc(NC(=O)c2cc3c(C)nn(Cc4ccccc4Cl)c3s2)s1. The summed E-state index contributed by atoms with van der Waals surface area (Å²) in [6.07, 6.45) is 0.799. The number of rotatable bonds is 5. The molecule has 0 atom stereocenters. The average Bonchev–Trinajstić information content (AvgIpc) is 3.35. The van der Waals surface area contributed by atoms with Gasteiger partial charge in [-0.15, -0.1) is 21.5 Å². The number of hydrogen-bond acceptors (Lipinski definition) is 6. The molecule has 0 aliphatic carbocycles. The number of amides is 1. The molecule has 0 unspecified atom stereocenters. The van der Waals surface area contributed by atoms with Crippen LogP contribution in [0.2, 0.25) is 5.02 Å². The quantitative estimate of drug-likeness (QED) is 0.507. The monoisotopic (exact) mass is 417 g/mol. The molecule has 4 rings (SSSR count). The number of aryl methyl sites for hydroxylation is 2. The molecule has 0 aliphatic rings. The maximum Gasteiger partial charge on any atom is 0.267 e. The molecular weight excluding hydrogens is 402 g/mol. The van der Waals surface area contributed by atoms with Crippen LogP contribution in [0.3, 0.4) is 0 Å². The van der Waals surface area contributed by atoms with Gasteiger partial charge in [0.2, 0.25) is 5.13 Å². The number of carbonyl (C=O) groups excluding carboxylic acids is 1. The Bertz CT molecular complexity index is 1130. The second-order valence-electron chi connectivity index (χ2n) is 5.97. The van der Waals surface area contributed by atoms with Crippen molar-refractivity contribution < 1.29 is 4.79 Å². The normalized spacial score (nSPS) is 11.2. The maximum atomic E-state index is 12.6. The molecule has 0 fully saturated rings. The summed E-state index contributed by atoms with van der Waals surface area (Å²) < 4.78 is 1.90. The third kappa shape index (κ3) is 3.60. The van der Waals surface area contributed by atoms with Crippen molar-refractivity contribution >= 4 is 55.5 Å². The van der Waals surface area contributed by atoms with Crippen LogP contribution < -0.4 is 5.32 Å². The summed E-state index contributed by atoms with van der Waals surface area (Å²) >= 11 is 9.08. The van der Waals surface area contributed by atoms with Gasteiger partial charge in [0, 0.05) is 10.4 Å². The molecule has 9 heteroatoms. The number of nitrogens with zero attached hydrogens (tertiary/aromatic N) is 4. The van der Waals surface area contributed by atoms with E-state index in [9.17, 15) is 4.79 Å². The van der Waals surface area contributed by atoms with Crippen LogP contribution in [0.15, 0.2) is 30.3 Å². The molecule has 6 nitrogen and oxygen atoms in total. The van der Waals surface area contributed by atoms with Gasteiger partial charge < -0.3 is 0 Å². The zero-order valence-corrected chi connectivity index (χ0v) is 17.1. The smallest absolute Gasteiger partial charge is 0.267 e. The Morgan fingerprint density at radius 2 is 2.07 bits per heavy atom. The van der Waals surface area contributed by atoms with Crippen molar-refractivity contribution in [3.63, 3.8) is 0 Å². The van der Waals surface area contributed by atoms with Gasteiger partial charge in [-0.1, -0.05) is 48.1 Å². The lowest BCUT2D eigenvalue weighted by Gasteiger charge is -2.05. The molecule has 138 valence electrons. The minimum absolute atomic E-state index is 0.182. The predicted octanol–water partition coefficient (Wildman–Crippen LogP) is 4.77. The molecule has 0 saturated heterocycles. The number of nitrogens with one attached hydrogen (secondary N) is 1. The Hall–Kier alpha value is -2.29. The number of carbonyl (C=O) groups is 1. The van der Waals surface area contributed by atoms with Gasteiger partial charge in [-0.2, -0.15) is 5.10 Å². The molecular formula is C18H16ClN5OS2. The van der Waals surface area contributed by atoms with Crippen molar-refractivity contribution in [3.8, 4) is 0 Å². The number of fused-ring (bicyclic) bond motifs is 1. The lowest BCUT2D eigenvalue weighted by atomic mass is 10.2. The van der Waals surface area contributed by atoms with Crippen molar-refractivity contribution in [2.75, 3.05) is 5.32 Å². The van der Waals surface area contributed by atoms with Crippen LogP contribution in [-0.2, 0) is 13.0 Å². The van der Waals surface area contributed by atoms with Crippen molar-refractivity contribution in [1.82, 2.24) is 20.0 Å². The van der Waals surface area contributed by atoms with E-state index in [2.05, 4.69) is 20.6 Å². The first-order valence-corrected chi connectivity index (χ1v) is 10.4. The van der Waals surface area contributed by atoms with Gasteiger partial charge in [-0.25, -0.2) is 0 Å². The summed E-state index contributed by atoms with van der Waals surface area (Å²) in [5.74, 6) is -0.182. The second-order valence-corrected chi connectivity index (χ2v) is 8.47. The van der Waals surface area contributed by atoms with E-state index in [0.717, 1.165) is 32.9 Å². The van der Waals surface area contributed by atoms with Crippen molar-refractivity contribution in [2.45, 2.75) is 26.8 Å². The van der Waals surface area contributed by atoms with Gasteiger partial charge in [0.1, 0.15) is 9.84 Å². The molecule has 1 aromatic carbocycles. The van der Waals surface area contributed by atoms with Crippen LogP contribution in [0.5, 0.6) is 0 Å². The van der Waals surface area contributed by atoms with E-state index in [1.54, 1.807) is 0 Å². The molecule has 0 spiro atoms. The van der Waals surface area contributed by atoms with Crippen LogP contribution in [-0.4, -0.2) is 25.9 Å². The molecule has 0 bridgehead atoms. The number of halogens is 1. The van der Waals surface area contributed by atoms with Gasteiger partial charge in [-0.05, 0) is 31.0 Å². The van der Waals surface area contributed by atoms with Crippen molar-refractivity contribution in [2.24, 2.45) is 0 Å². The minimum Gasteiger partial charge on any atom is -0.296 e. The van der Waals surface area contributed by atoms with Crippen LogP contribution in [0.25, 0.3) is 10.2 Å². The molecule has 1 amide bonds. The van der Waals surface area contributed by atoms with E-state index in [0.29, 0.717) is 21.6 Å².